The molecule has 0 aliphatic rings. The molecule has 0 aliphatic carbocycles. The molecule has 26 heavy (non-hydrogen) atoms. The van der Waals surface area contributed by atoms with E-state index in [0.717, 1.165) is 11.4 Å². The van der Waals surface area contributed by atoms with Gasteiger partial charge < -0.3 is 16.0 Å². The lowest BCUT2D eigenvalue weighted by Gasteiger charge is -2.10. The summed E-state index contributed by atoms with van der Waals surface area (Å²) in [5.41, 5.74) is 2.76. The van der Waals surface area contributed by atoms with E-state index in [-0.39, 0.29) is 5.91 Å². The Bertz CT molecular complexity index is 962. The van der Waals surface area contributed by atoms with Gasteiger partial charge in [-0.2, -0.15) is 5.26 Å². The molecule has 0 saturated heterocycles. The van der Waals surface area contributed by atoms with Crippen molar-refractivity contribution in [2.75, 3.05) is 16.0 Å². The van der Waals surface area contributed by atoms with Crippen LogP contribution in [0.5, 0.6) is 0 Å². The SMILES string of the molecule is CC(=O)Nc1ccc(Nc2cc(Nc3ccccc3C#N)ncn2)cc1. The van der Waals surface area contributed by atoms with E-state index in [2.05, 4.69) is 32.0 Å². The molecule has 3 rings (SSSR count). The van der Waals surface area contributed by atoms with Gasteiger partial charge in [-0.1, -0.05) is 12.1 Å². The number of nitrogens with one attached hydrogen (secondary N) is 3. The zero-order valence-electron chi connectivity index (χ0n) is 14.0. The monoisotopic (exact) mass is 344 g/mol. The molecule has 0 fully saturated rings. The standard InChI is InChI=1S/C19H16N6O/c1-13(26)23-15-6-8-16(9-7-15)24-18-10-19(22-12-21-18)25-17-5-3-2-4-14(17)11-20/h2-10,12H,1H3,(H,23,26)(H2,21,22,24,25). The molecule has 0 saturated carbocycles. The molecule has 0 atom stereocenters. The number of amides is 1. The summed E-state index contributed by atoms with van der Waals surface area (Å²) in [4.78, 5) is 19.4. The molecule has 0 aliphatic heterocycles. The summed E-state index contributed by atoms with van der Waals surface area (Å²) in [5, 5.41) is 18.2. The normalized spacial score (nSPS) is 9.85. The van der Waals surface area contributed by atoms with Gasteiger partial charge >= 0.3 is 0 Å². The van der Waals surface area contributed by atoms with Gasteiger partial charge in [-0.05, 0) is 36.4 Å². The van der Waals surface area contributed by atoms with Crippen LogP contribution in [0, 0.1) is 11.3 Å². The summed E-state index contributed by atoms with van der Waals surface area (Å²) >= 11 is 0. The lowest BCUT2D eigenvalue weighted by molar-refractivity contribution is -0.114. The summed E-state index contributed by atoms with van der Waals surface area (Å²) in [7, 11) is 0. The number of hydrogen-bond donors (Lipinski definition) is 3. The van der Waals surface area contributed by atoms with E-state index in [0.29, 0.717) is 22.9 Å². The quantitative estimate of drug-likeness (QED) is 0.650. The molecule has 0 bridgehead atoms. The Morgan fingerprint density at radius 2 is 1.62 bits per heavy atom. The number of aromatic nitrogens is 2. The van der Waals surface area contributed by atoms with Crippen molar-refractivity contribution < 1.29 is 4.79 Å². The van der Waals surface area contributed by atoms with Crippen LogP contribution in [-0.2, 0) is 4.79 Å². The number of carbonyl (C=O) groups is 1. The lowest BCUT2D eigenvalue weighted by Crippen LogP contribution is -2.05. The summed E-state index contributed by atoms with van der Waals surface area (Å²) in [5.74, 6) is 1.05. The summed E-state index contributed by atoms with van der Waals surface area (Å²) < 4.78 is 0. The molecule has 7 heteroatoms. The molecule has 7 nitrogen and oxygen atoms in total. The van der Waals surface area contributed by atoms with E-state index in [9.17, 15) is 4.79 Å². The highest BCUT2D eigenvalue weighted by atomic mass is 16.1. The minimum absolute atomic E-state index is 0.116. The van der Waals surface area contributed by atoms with Gasteiger partial charge in [0.05, 0.1) is 11.3 Å². The van der Waals surface area contributed by atoms with Crippen molar-refractivity contribution in [3.8, 4) is 6.07 Å². The van der Waals surface area contributed by atoms with Crippen molar-refractivity contribution in [2.45, 2.75) is 6.92 Å². The predicted molar refractivity (Wildman–Crippen MR) is 101 cm³/mol. The summed E-state index contributed by atoms with van der Waals surface area (Å²) in [6.45, 7) is 1.46. The van der Waals surface area contributed by atoms with Crippen molar-refractivity contribution >= 4 is 34.6 Å². The fourth-order valence-corrected chi connectivity index (χ4v) is 2.31. The highest BCUT2D eigenvalue weighted by Crippen LogP contribution is 2.22. The Morgan fingerprint density at radius 3 is 2.31 bits per heavy atom. The number of hydrogen-bond acceptors (Lipinski definition) is 6. The van der Waals surface area contributed by atoms with Gasteiger partial charge in [0.25, 0.3) is 0 Å². The highest BCUT2D eigenvalue weighted by molar-refractivity contribution is 5.88. The maximum absolute atomic E-state index is 11.1. The van der Waals surface area contributed by atoms with Gasteiger partial charge in [0.2, 0.25) is 5.91 Å². The second-order valence-corrected chi connectivity index (χ2v) is 5.45. The van der Waals surface area contributed by atoms with Gasteiger partial charge in [0.15, 0.2) is 0 Å². The minimum Gasteiger partial charge on any atom is -0.340 e. The van der Waals surface area contributed by atoms with Crippen LogP contribution in [0.4, 0.5) is 28.7 Å². The lowest BCUT2D eigenvalue weighted by atomic mass is 10.2. The molecule has 1 amide bonds. The minimum atomic E-state index is -0.116. The number of nitrogens with zero attached hydrogens (tertiary/aromatic N) is 3. The number of rotatable bonds is 5. The first-order valence-electron chi connectivity index (χ1n) is 7.87. The van der Waals surface area contributed by atoms with E-state index < -0.39 is 0 Å². The van der Waals surface area contributed by atoms with E-state index in [4.69, 9.17) is 5.26 Å². The van der Waals surface area contributed by atoms with Crippen molar-refractivity contribution in [1.29, 1.82) is 5.26 Å². The fraction of sp³-hybridized carbons (Fsp3) is 0.0526. The van der Waals surface area contributed by atoms with E-state index in [1.807, 2.05) is 24.3 Å². The molecule has 1 heterocycles. The zero-order valence-corrected chi connectivity index (χ0v) is 14.0. The molecule has 1 aromatic heterocycles. The number of carbonyl (C=O) groups excluding carboxylic acids is 1. The van der Waals surface area contributed by atoms with Gasteiger partial charge in [-0.15, -0.1) is 0 Å². The molecule has 0 spiro atoms. The van der Waals surface area contributed by atoms with E-state index in [1.165, 1.54) is 13.3 Å². The Kier molecular flexibility index (Phi) is 5.05. The van der Waals surface area contributed by atoms with Crippen molar-refractivity contribution in [2.24, 2.45) is 0 Å². The predicted octanol–water partition coefficient (Wildman–Crippen LogP) is 3.79. The highest BCUT2D eigenvalue weighted by Gasteiger charge is 2.04. The molecule has 3 N–H and O–H groups in total. The number of anilines is 5. The van der Waals surface area contributed by atoms with Crippen LogP contribution in [-0.4, -0.2) is 15.9 Å². The molecule has 3 aromatic rings. The number of nitriles is 1. The van der Waals surface area contributed by atoms with Gasteiger partial charge in [-0.3, -0.25) is 4.79 Å². The molecule has 128 valence electrons. The first-order chi connectivity index (χ1) is 12.6. The second-order valence-electron chi connectivity index (χ2n) is 5.45. The topological polar surface area (TPSA) is 103 Å². The molecule has 0 radical (unpaired) electrons. The first kappa shape index (κ1) is 16.9. The average molecular weight is 344 g/mol. The maximum atomic E-state index is 11.1. The van der Waals surface area contributed by atoms with Crippen LogP contribution in [0.1, 0.15) is 12.5 Å². The Hall–Kier alpha value is -3.92. The average Bonchev–Trinajstić information content (AvgIpc) is 2.64. The molecule has 2 aromatic carbocycles. The van der Waals surface area contributed by atoms with E-state index >= 15 is 0 Å². The maximum Gasteiger partial charge on any atom is 0.221 e. The first-order valence-corrected chi connectivity index (χ1v) is 7.87. The molecular formula is C19H16N6O. The molecule has 0 unspecified atom stereocenters. The number of benzene rings is 2. The van der Waals surface area contributed by atoms with Crippen LogP contribution in [0.15, 0.2) is 60.9 Å². The second kappa shape index (κ2) is 7.77. The zero-order chi connectivity index (χ0) is 18.4. The van der Waals surface area contributed by atoms with Gasteiger partial charge in [-0.25, -0.2) is 9.97 Å². The van der Waals surface area contributed by atoms with Crippen LogP contribution in [0.25, 0.3) is 0 Å². The summed E-state index contributed by atoms with van der Waals surface area (Å²) in [6.07, 6.45) is 1.44. The molecular weight excluding hydrogens is 328 g/mol. The fourth-order valence-electron chi connectivity index (χ4n) is 2.31. The third-order valence-electron chi connectivity index (χ3n) is 3.46. The van der Waals surface area contributed by atoms with Crippen molar-refractivity contribution in [3.05, 3.63) is 66.5 Å². The van der Waals surface area contributed by atoms with Crippen molar-refractivity contribution in [3.63, 3.8) is 0 Å². The largest absolute Gasteiger partial charge is 0.340 e. The van der Waals surface area contributed by atoms with Crippen LogP contribution in [0.3, 0.4) is 0 Å². The Balaban J connectivity index is 1.73. The number of para-hydroxylation sites is 1. The van der Waals surface area contributed by atoms with Crippen LogP contribution in [0.2, 0.25) is 0 Å². The Morgan fingerprint density at radius 1 is 0.962 bits per heavy atom. The van der Waals surface area contributed by atoms with Crippen molar-refractivity contribution in [1.82, 2.24) is 9.97 Å². The van der Waals surface area contributed by atoms with Gasteiger partial charge in [0.1, 0.15) is 24.0 Å². The van der Waals surface area contributed by atoms with Gasteiger partial charge in [0, 0.05) is 24.4 Å². The third-order valence-corrected chi connectivity index (χ3v) is 3.46. The summed E-state index contributed by atoms with van der Waals surface area (Å²) in [6, 6.07) is 18.4. The van der Waals surface area contributed by atoms with E-state index in [1.54, 1.807) is 30.3 Å². The Labute approximate surface area is 150 Å². The smallest absolute Gasteiger partial charge is 0.221 e. The van der Waals surface area contributed by atoms with Crippen LogP contribution >= 0.6 is 0 Å². The third kappa shape index (κ3) is 4.33. The van der Waals surface area contributed by atoms with Crippen LogP contribution < -0.4 is 16.0 Å².